The zero-order valence-corrected chi connectivity index (χ0v) is 19.5. The Balaban J connectivity index is 1.59. The van der Waals surface area contributed by atoms with E-state index in [1.165, 1.54) is 11.8 Å². The van der Waals surface area contributed by atoms with Gasteiger partial charge in [-0.2, -0.15) is 0 Å². The van der Waals surface area contributed by atoms with Crippen molar-refractivity contribution in [2.75, 3.05) is 0 Å². The highest BCUT2D eigenvalue weighted by atomic mass is 32.2. The minimum absolute atomic E-state index is 0.00523. The van der Waals surface area contributed by atoms with Crippen molar-refractivity contribution in [3.63, 3.8) is 0 Å². The second-order valence-corrected chi connectivity index (χ2v) is 9.36. The number of nitrogens with zero attached hydrogens (tertiary/aromatic N) is 4. The smallest absolute Gasteiger partial charge is 0.262 e. The van der Waals surface area contributed by atoms with E-state index < -0.39 is 0 Å². The number of hydrogen-bond acceptors (Lipinski definition) is 6. The van der Waals surface area contributed by atoms with Crippen LogP contribution in [-0.4, -0.2) is 19.7 Å². The van der Waals surface area contributed by atoms with Crippen LogP contribution >= 0.6 is 11.8 Å². The Kier molecular flexibility index (Phi) is 7.05. The van der Waals surface area contributed by atoms with Gasteiger partial charge in [-0.1, -0.05) is 68.8 Å². The van der Waals surface area contributed by atoms with Crippen LogP contribution in [0.5, 0.6) is 0 Å². The van der Waals surface area contributed by atoms with E-state index in [-0.39, 0.29) is 11.6 Å². The zero-order chi connectivity index (χ0) is 22.5. The molecule has 2 aromatic heterocycles. The van der Waals surface area contributed by atoms with E-state index in [1.54, 1.807) is 0 Å². The summed E-state index contributed by atoms with van der Waals surface area (Å²) in [7, 11) is 0. The summed E-state index contributed by atoms with van der Waals surface area (Å²) >= 11 is 1.46. The van der Waals surface area contributed by atoms with E-state index in [1.807, 2.05) is 59.2 Å². The lowest BCUT2D eigenvalue weighted by molar-refractivity contribution is 0.413. The predicted octanol–water partition coefficient (Wildman–Crippen LogP) is 6.13. The van der Waals surface area contributed by atoms with Crippen molar-refractivity contribution >= 4 is 22.7 Å². The number of para-hydroxylation sites is 1. The number of benzene rings is 2. The van der Waals surface area contributed by atoms with Gasteiger partial charge in [-0.25, -0.2) is 4.98 Å². The molecule has 0 saturated carbocycles. The number of aromatic nitrogens is 4. The molecule has 0 aliphatic rings. The van der Waals surface area contributed by atoms with Crippen LogP contribution in [0.3, 0.4) is 0 Å². The maximum absolute atomic E-state index is 13.3. The molecule has 0 N–H and O–H groups in total. The summed E-state index contributed by atoms with van der Waals surface area (Å²) in [6.45, 7) is 6.55. The number of rotatable bonds is 9. The number of thioether (sulfide) groups is 1. The molecule has 4 rings (SSSR count). The van der Waals surface area contributed by atoms with Gasteiger partial charge in [0.1, 0.15) is 0 Å². The molecule has 32 heavy (non-hydrogen) atoms. The molecule has 2 aromatic carbocycles. The molecule has 0 saturated heterocycles. The Bertz CT molecular complexity index is 1230. The van der Waals surface area contributed by atoms with Gasteiger partial charge in [-0.05, 0) is 43.5 Å². The number of hydrogen-bond donors (Lipinski definition) is 0. The molecule has 0 fully saturated rings. The molecule has 0 aliphatic heterocycles. The van der Waals surface area contributed by atoms with E-state index >= 15 is 0 Å². The highest BCUT2D eigenvalue weighted by Crippen LogP contribution is 2.27. The predicted molar refractivity (Wildman–Crippen MR) is 129 cm³/mol. The van der Waals surface area contributed by atoms with Gasteiger partial charge in [0.2, 0.25) is 11.8 Å². The molecule has 1 atom stereocenters. The van der Waals surface area contributed by atoms with Gasteiger partial charge in [0.15, 0.2) is 5.16 Å². The van der Waals surface area contributed by atoms with Crippen LogP contribution in [0.25, 0.3) is 22.4 Å². The first kappa shape index (κ1) is 22.3. The molecule has 7 heteroatoms. The van der Waals surface area contributed by atoms with Crippen molar-refractivity contribution in [3.8, 4) is 11.5 Å². The topological polar surface area (TPSA) is 73.8 Å². The van der Waals surface area contributed by atoms with Crippen LogP contribution in [0.4, 0.5) is 0 Å². The lowest BCUT2D eigenvalue weighted by atomic mass is 10.0. The fourth-order valence-electron chi connectivity index (χ4n) is 3.70. The van der Waals surface area contributed by atoms with E-state index in [0.29, 0.717) is 39.5 Å². The van der Waals surface area contributed by atoms with Crippen molar-refractivity contribution in [2.45, 2.75) is 57.0 Å². The van der Waals surface area contributed by atoms with Crippen LogP contribution in [0.2, 0.25) is 0 Å². The van der Waals surface area contributed by atoms with Crippen molar-refractivity contribution < 1.29 is 4.42 Å². The highest BCUT2D eigenvalue weighted by molar-refractivity contribution is 7.98. The monoisotopic (exact) mass is 448 g/mol. The Morgan fingerprint density at radius 3 is 2.50 bits per heavy atom. The van der Waals surface area contributed by atoms with E-state index in [2.05, 4.69) is 31.0 Å². The Morgan fingerprint density at radius 1 is 0.969 bits per heavy atom. The molecular formula is C25H28N4O2S. The SMILES string of the molecule is CC(C)CCCC(C)n1c(SCc2nnc(-c3ccccc3)o2)nc2ccccc2c1=O. The van der Waals surface area contributed by atoms with Crippen molar-refractivity contribution in [3.05, 3.63) is 70.8 Å². The van der Waals surface area contributed by atoms with Gasteiger partial charge in [0.05, 0.1) is 16.7 Å². The quantitative estimate of drug-likeness (QED) is 0.227. The van der Waals surface area contributed by atoms with E-state index in [0.717, 1.165) is 24.8 Å². The molecule has 1 unspecified atom stereocenters. The fourth-order valence-corrected chi connectivity index (χ4v) is 4.64. The first-order valence-electron chi connectivity index (χ1n) is 11.0. The zero-order valence-electron chi connectivity index (χ0n) is 18.7. The largest absolute Gasteiger partial charge is 0.420 e. The van der Waals surface area contributed by atoms with Crippen molar-refractivity contribution in [1.82, 2.24) is 19.7 Å². The fraction of sp³-hybridized carbons (Fsp3) is 0.360. The normalized spacial score (nSPS) is 12.5. The first-order valence-corrected chi connectivity index (χ1v) is 12.0. The average molecular weight is 449 g/mol. The second kappa shape index (κ2) is 10.1. The summed E-state index contributed by atoms with van der Waals surface area (Å²) in [4.78, 5) is 18.2. The van der Waals surface area contributed by atoms with Crippen LogP contribution in [-0.2, 0) is 5.75 Å². The molecule has 6 nitrogen and oxygen atoms in total. The summed E-state index contributed by atoms with van der Waals surface area (Å²) in [6, 6.07) is 17.3. The standard InChI is InChI=1S/C25H28N4O2S/c1-17(2)10-9-11-18(3)29-24(30)20-14-7-8-15-21(20)26-25(29)32-16-22-27-28-23(31-22)19-12-5-4-6-13-19/h4-8,12-15,17-18H,9-11,16H2,1-3H3. The van der Waals surface area contributed by atoms with Gasteiger partial charge in [-0.3, -0.25) is 9.36 Å². The third-order valence-corrected chi connectivity index (χ3v) is 6.37. The lowest BCUT2D eigenvalue weighted by Gasteiger charge is -2.19. The van der Waals surface area contributed by atoms with Crippen molar-refractivity contribution in [1.29, 1.82) is 0 Å². The summed E-state index contributed by atoms with van der Waals surface area (Å²) in [5.74, 6) is 2.10. The van der Waals surface area contributed by atoms with Gasteiger partial charge >= 0.3 is 0 Å². The summed E-state index contributed by atoms with van der Waals surface area (Å²) in [5, 5.41) is 9.68. The second-order valence-electron chi connectivity index (χ2n) is 8.42. The van der Waals surface area contributed by atoms with Crippen LogP contribution < -0.4 is 5.56 Å². The Hall–Kier alpha value is -2.93. The Morgan fingerprint density at radius 2 is 1.72 bits per heavy atom. The lowest BCUT2D eigenvalue weighted by Crippen LogP contribution is -2.26. The summed E-state index contributed by atoms with van der Waals surface area (Å²) < 4.78 is 7.68. The maximum Gasteiger partial charge on any atom is 0.262 e. The molecule has 0 bridgehead atoms. The van der Waals surface area contributed by atoms with Gasteiger partial charge < -0.3 is 4.42 Å². The maximum atomic E-state index is 13.3. The van der Waals surface area contributed by atoms with E-state index in [4.69, 9.17) is 9.40 Å². The molecule has 4 aromatic rings. The minimum Gasteiger partial charge on any atom is -0.420 e. The van der Waals surface area contributed by atoms with Crippen LogP contribution in [0.15, 0.2) is 69.0 Å². The van der Waals surface area contributed by atoms with Crippen LogP contribution in [0, 0.1) is 5.92 Å². The summed E-state index contributed by atoms with van der Waals surface area (Å²) in [6.07, 6.45) is 3.16. The molecule has 0 amide bonds. The molecule has 0 aliphatic carbocycles. The molecule has 166 valence electrons. The third kappa shape index (κ3) is 5.10. The minimum atomic E-state index is 0.00523. The van der Waals surface area contributed by atoms with E-state index in [9.17, 15) is 4.79 Å². The molecular weight excluding hydrogens is 420 g/mol. The van der Waals surface area contributed by atoms with Crippen LogP contribution in [0.1, 0.15) is 52.0 Å². The molecule has 0 radical (unpaired) electrons. The van der Waals surface area contributed by atoms with Gasteiger partial charge in [0, 0.05) is 11.6 Å². The molecule has 0 spiro atoms. The molecule has 2 heterocycles. The van der Waals surface area contributed by atoms with Gasteiger partial charge in [-0.15, -0.1) is 10.2 Å². The Labute approximate surface area is 192 Å². The average Bonchev–Trinajstić information content (AvgIpc) is 3.27. The summed E-state index contributed by atoms with van der Waals surface area (Å²) in [5.41, 5.74) is 1.60. The third-order valence-electron chi connectivity index (χ3n) is 5.43. The van der Waals surface area contributed by atoms with Crippen molar-refractivity contribution in [2.24, 2.45) is 5.92 Å². The van der Waals surface area contributed by atoms with Gasteiger partial charge in [0.25, 0.3) is 5.56 Å². The first-order chi connectivity index (χ1) is 15.5. The number of fused-ring (bicyclic) bond motifs is 1. The highest BCUT2D eigenvalue weighted by Gasteiger charge is 2.18.